The third kappa shape index (κ3) is 3.46. The van der Waals surface area contributed by atoms with Crippen LogP contribution in [0.5, 0.6) is 5.75 Å². The molecule has 1 aliphatic rings. The Labute approximate surface area is 101 Å². The Balaban J connectivity index is 1.72. The lowest BCUT2D eigenvalue weighted by Gasteiger charge is -2.10. The number of amides is 1. The molecule has 1 heterocycles. The normalized spacial score (nSPS) is 19.2. The zero-order valence-corrected chi connectivity index (χ0v) is 9.69. The van der Waals surface area contributed by atoms with E-state index in [1.807, 2.05) is 12.1 Å². The lowest BCUT2D eigenvalue weighted by atomic mass is 10.1. The van der Waals surface area contributed by atoms with Crippen molar-refractivity contribution in [2.45, 2.75) is 25.4 Å². The first-order valence-electron chi connectivity index (χ1n) is 5.93. The number of hydrogen-bond acceptors (Lipinski definition) is 3. The highest BCUT2D eigenvalue weighted by atomic mass is 16.5. The fourth-order valence-electron chi connectivity index (χ4n) is 1.89. The van der Waals surface area contributed by atoms with E-state index < -0.39 is 0 Å². The molecule has 17 heavy (non-hydrogen) atoms. The summed E-state index contributed by atoms with van der Waals surface area (Å²) in [5, 5.41) is 12.0. The quantitative estimate of drug-likeness (QED) is 0.825. The summed E-state index contributed by atoms with van der Waals surface area (Å²) in [6, 6.07) is 7.01. The Morgan fingerprint density at radius 1 is 1.41 bits per heavy atom. The number of phenols is 1. The van der Waals surface area contributed by atoms with Crippen LogP contribution in [0.3, 0.4) is 0 Å². The van der Waals surface area contributed by atoms with Crippen LogP contribution in [-0.4, -0.2) is 30.3 Å². The Morgan fingerprint density at radius 3 is 2.82 bits per heavy atom. The highest BCUT2D eigenvalue weighted by Crippen LogP contribution is 2.12. The minimum atomic E-state index is -0.255. The molecule has 0 spiro atoms. The molecule has 0 aromatic heterocycles. The molecule has 1 unspecified atom stereocenters. The van der Waals surface area contributed by atoms with Crippen molar-refractivity contribution in [2.24, 2.45) is 0 Å². The van der Waals surface area contributed by atoms with E-state index in [0.717, 1.165) is 24.8 Å². The van der Waals surface area contributed by atoms with E-state index in [0.29, 0.717) is 13.2 Å². The summed E-state index contributed by atoms with van der Waals surface area (Å²) >= 11 is 0. The summed E-state index contributed by atoms with van der Waals surface area (Å²) < 4.78 is 5.29. The lowest BCUT2D eigenvalue weighted by molar-refractivity contribution is -0.129. The van der Waals surface area contributed by atoms with Crippen LogP contribution >= 0.6 is 0 Å². The van der Waals surface area contributed by atoms with E-state index in [-0.39, 0.29) is 17.8 Å². The Kier molecular flexibility index (Phi) is 3.98. The number of hydrogen-bond donors (Lipinski definition) is 2. The number of nitrogens with one attached hydrogen (secondary N) is 1. The smallest absolute Gasteiger partial charge is 0.249 e. The molecule has 0 aliphatic carbocycles. The number of carbonyl (C=O) groups excluding carboxylic acids is 1. The van der Waals surface area contributed by atoms with Crippen LogP contribution in [0.4, 0.5) is 0 Å². The van der Waals surface area contributed by atoms with Crippen LogP contribution in [0.2, 0.25) is 0 Å². The number of benzene rings is 1. The van der Waals surface area contributed by atoms with Gasteiger partial charge in [-0.05, 0) is 37.0 Å². The summed E-state index contributed by atoms with van der Waals surface area (Å²) in [6.07, 6.45) is 2.30. The van der Waals surface area contributed by atoms with Gasteiger partial charge in [-0.2, -0.15) is 0 Å². The average molecular weight is 235 g/mol. The van der Waals surface area contributed by atoms with Crippen LogP contribution in [0, 0.1) is 0 Å². The van der Waals surface area contributed by atoms with Gasteiger partial charge in [0.1, 0.15) is 11.9 Å². The fraction of sp³-hybridized carbons (Fsp3) is 0.462. The largest absolute Gasteiger partial charge is 0.508 e. The zero-order chi connectivity index (χ0) is 12.1. The van der Waals surface area contributed by atoms with Gasteiger partial charge in [-0.1, -0.05) is 12.1 Å². The minimum Gasteiger partial charge on any atom is -0.508 e. The van der Waals surface area contributed by atoms with E-state index in [1.165, 1.54) is 0 Å². The molecular formula is C13H17NO3. The Morgan fingerprint density at radius 2 is 2.18 bits per heavy atom. The number of aromatic hydroxyl groups is 1. The van der Waals surface area contributed by atoms with Gasteiger partial charge in [0.15, 0.2) is 0 Å². The van der Waals surface area contributed by atoms with Crippen LogP contribution < -0.4 is 5.32 Å². The zero-order valence-electron chi connectivity index (χ0n) is 9.69. The van der Waals surface area contributed by atoms with Gasteiger partial charge < -0.3 is 15.2 Å². The number of phenolic OH excluding ortho intramolecular Hbond substituents is 1. The van der Waals surface area contributed by atoms with E-state index in [4.69, 9.17) is 9.84 Å². The number of carbonyl (C=O) groups is 1. The van der Waals surface area contributed by atoms with Gasteiger partial charge >= 0.3 is 0 Å². The molecule has 2 N–H and O–H groups in total. The standard InChI is InChI=1S/C13H17NO3/c15-11-5-3-10(4-6-11)7-8-14-13(16)12-2-1-9-17-12/h3-6,12,15H,1-2,7-9H2,(H,14,16). The van der Waals surface area contributed by atoms with Crippen molar-refractivity contribution < 1.29 is 14.6 Å². The second-order valence-corrected chi connectivity index (χ2v) is 4.21. The van der Waals surface area contributed by atoms with E-state index in [1.54, 1.807) is 12.1 Å². The predicted octanol–water partition coefficient (Wildman–Crippen LogP) is 1.23. The summed E-state index contributed by atoms with van der Waals surface area (Å²) in [4.78, 5) is 11.6. The minimum absolute atomic E-state index is 0.0127. The third-order valence-electron chi connectivity index (χ3n) is 2.87. The van der Waals surface area contributed by atoms with Crippen molar-refractivity contribution >= 4 is 5.91 Å². The average Bonchev–Trinajstić information content (AvgIpc) is 2.85. The molecule has 1 aromatic rings. The van der Waals surface area contributed by atoms with Crippen molar-refractivity contribution in [1.29, 1.82) is 0 Å². The van der Waals surface area contributed by atoms with Crippen molar-refractivity contribution in [3.05, 3.63) is 29.8 Å². The predicted molar refractivity (Wildman–Crippen MR) is 63.8 cm³/mol. The molecule has 1 atom stereocenters. The van der Waals surface area contributed by atoms with Crippen molar-refractivity contribution in [2.75, 3.05) is 13.2 Å². The second-order valence-electron chi connectivity index (χ2n) is 4.21. The molecule has 4 heteroatoms. The van der Waals surface area contributed by atoms with Crippen molar-refractivity contribution in [3.63, 3.8) is 0 Å². The Hall–Kier alpha value is -1.55. The summed E-state index contributed by atoms with van der Waals surface area (Å²) in [6.45, 7) is 1.29. The first-order valence-corrected chi connectivity index (χ1v) is 5.93. The van der Waals surface area contributed by atoms with Crippen LogP contribution in [0.15, 0.2) is 24.3 Å². The molecular weight excluding hydrogens is 218 g/mol. The molecule has 1 saturated heterocycles. The van der Waals surface area contributed by atoms with Crippen LogP contribution in [0.25, 0.3) is 0 Å². The summed E-state index contributed by atoms with van der Waals surface area (Å²) in [7, 11) is 0. The number of rotatable bonds is 4. The highest BCUT2D eigenvalue weighted by Gasteiger charge is 2.22. The molecule has 0 bridgehead atoms. The fourth-order valence-corrected chi connectivity index (χ4v) is 1.89. The van der Waals surface area contributed by atoms with E-state index >= 15 is 0 Å². The molecule has 1 aromatic carbocycles. The maximum absolute atomic E-state index is 11.6. The van der Waals surface area contributed by atoms with E-state index in [9.17, 15) is 4.79 Å². The molecule has 92 valence electrons. The van der Waals surface area contributed by atoms with Crippen molar-refractivity contribution in [3.8, 4) is 5.75 Å². The molecule has 2 rings (SSSR count). The van der Waals surface area contributed by atoms with E-state index in [2.05, 4.69) is 5.32 Å². The van der Waals surface area contributed by atoms with Crippen molar-refractivity contribution in [1.82, 2.24) is 5.32 Å². The summed E-state index contributed by atoms with van der Waals surface area (Å²) in [5.74, 6) is 0.249. The van der Waals surface area contributed by atoms with Gasteiger partial charge in [0.05, 0.1) is 0 Å². The molecule has 0 radical (unpaired) electrons. The SMILES string of the molecule is O=C(NCCc1ccc(O)cc1)C1CCCO1. The maximum Gasteiger partial charge on any atom is 0.249 e. The molecule has 0 saturated carbocycles. The third-order valence-corrected chi connectivity index (χ3v) is 2.87. The van der Waals surface area contributed by atoms with Gasteiger partial charge in [-0.25, -0.2) is 0 Å². The maximum atomic E-state index is 11.6. The summed E-state index contributed by atoms with van der Waals surface area (Å²) in [5.41, 5.74) is 1.09. The van der Waals surface area contributed by atoms with Crippen LogP contribution in [-0.2, 0) is 16.0 Å². The van der Waals surface area contributed by atoms with Gasteiger partial charge in [-0.3, -0.25) is 4.79 Å². The first-order chi connectivity index (χ1) is 8.25. The molecule has 1 fully saturated rings. The topological polar surface area (TPSA) is 58.6 Å². The highest BCUT2D eigenvalue weighted by molar-refractivity contribution is 5.80. The first kappa shape index (κ1) is 11.9. The molecule has 1 amide bonds. The number of ether oxygens (including phenoxy) is 1. The van der Waals surface area contributed by atoms with Gasteiger partial charge in [-0.15, -0.1) is 0 Å². The van der Waals surface area contributed by atoms with Gasteiger partial charge in [0, 0.05) is 13.2 Å². The second kappa shape index (κ2) is 5.68. The monoisotopic (exact) mass is 235 g/mol. The molecule has 4 nitrogen and oxygen atoms in total. The lowest BCUT2D eigenvalue weighted by Crippen LogP contribution is -2.35. The Bertz CT molecular complexity index is 369. The van der Waals surface area contributed by atoms with Gasteiger partial charge in [0.25, 0.3) is 0 Å². The molecule has 1 aliphatic heterocycles. The van der Waals surface area contributed by atoms with Crippen LogP contribution in [0.1, 0.15) is 18.4 Å². The van der Waals surface area contributed by atoms with Gasteiger partial charge in [0.2, 0.25) is 5.91 Å².